The number of hydrogen-bond donors (Lipinski definition) is 6. The highest BCUT2D eigenvalue weighted by Crippen LogP contribution is 2.60. The van der Waals surface area contributed by atoms with Crippen molar-refractivity contribution < 1.29 is 71.4 Å². The van der Waals surface area contributed by atoms with Gasteiger partial charge in [-0.1, -0.05) is 146 Å². The number of esters is 2. The maximum absolute atomic E-state index is 12.8. The van der Waals surface area contributed by atoms with Gasteiger partial charge in [-0.15, -0.1) is 0 Å². The maximum atomic E-state index is 12.8. The van der Waals surface area contributed by atoms with Gasteiger partial charge in [0.2, 0.25) is 0 Å². The number of aromatic nitrogens is 2. The number of nitrogens with two attached hydrogens (primary N) is 1. The highest BCUT2D eigenvalue weighted by Gasteiger charge is 2.46. The van der Waals surface area contributed by atoms with Gasteiger partial charge in [-0.2, -0.15) is 9.29 Å². The van der Waals surface area contributed by atoms with Crippen molar-refractivity contribution in [1.29, 1.82) is 0 Å². The Kier molecular flexibility index (Phi) is 31.2. The Morgan fingerprint density at radius 3 is 2.15 bits per heavy atom. The number of hydrogen-bond acceptors (Lipinski definition) is 16. The van der Waals surface area contributed by atoms with Gasteiger partial charge >= 0.3 is 33.3 Å². The summed E-state index contributed by atoms with van der Waals surface area (Å²) in [6.45, 7) is 4.23. The van der Waals surface area contributed by atoms with Crippen molar-refractivity contribution in [1.82, 2.24) is 9.55 Å². The number of aliphatic hydroxyl groups is 3. The molecule has 0 aliphatic carbocycles. The first kappa shape index (κ1) is 60.8. The first-order chi connectivity index (χ1) is 32.5. The molecule has 1 fully saturated rings. The molecule has 1 aliphatic rings. The zero-order chi connectivity index (χ0) is 50.2. The molecular weight excluding hydrogens is 924 g/mol. The third-order valence-electron chi connectivity index (χ3n) is 11.1. The summed E-state index contributed by atoms with van der Waals surface area (Å²) < 4.78 is 56.6. The number of nitrogen functional groups attached to an aromatic ring is 1. The third kappa shape index (κ3) is 27.8. The molecule has 1 aromatic rings. The molecule has 0 aromatic carbocycles. The Bertz CT molecular complexity index is 1860. The Hall–Kier alpha value is -3.32. The van der Waals surface area contributed by atoms with Crippen molar-refractivity contribution in [2.45, 2.75) is 186 Å². The molecule has 21 heteroatoms. The van der Waals surface area contributed by atoms with Crippen molar-refractivity contribution in [2.24, 2.45) is 5.92 Å². The highest BCUT2D eigenvalue weighted by molar-refractivity contribution is 7.61. The fourth-order valence-corrected chi connectivity index (χ4v) is 8.97. The standard InChI is InChI=1S/C47H79N3O16P2/c1-4-6-22-28-38(51)29-24-19-15-10-8-7-9-11-17-21-26-31-43(53)64-39(34-61-42(52)30-25-20-16-13-12-14-18-23-27-37(3)5-2)35-62-67(57,58)66-68(59,60)63-36-40-44(54)45(55)46(65-40)50-33-32-41(48)49-47(50)56/h7-8,11,15,17,19,24,29,32-33,37-40,44-46,51,54-55H,4-6,9-10,12-14,16,18,20-23,25-28,30-31,34-36H2,1-3H3,(H,57,58)(H,59,60)(H2,48,49,56)/b8-7-,17-11-,19-15-,29-24+/t37?,38-,39+,40+,44+,45+,46+/m0/s1. The van der Waals surface area contributed by atoms with E-state index in [1.165, 1.54) is 38.2 Å². The lowest BCUT2D eigenvalue weighted by Crippen LogP contribution is -2.36. The van der Waals surface area contributed by atoms with Gasteiger partial charge in [0.05, 0.1) is 19.3 Å². The Morgan fingerprint density at radius 1 is 0.824 bits per heavy atom. The predicted molar refractivity (Wildman–Crippen MR) is 258 cm³/mol. The van der Waals surface area contributed by atoms with Crippen LogP contribution in [0.4, 0.5) is 5.82 Å². The number of carbonyl (C=O) groups is 2. The second-order valence-electron chi connectivity index (χ2n) is 17.1. The van der Waals surface area contributed by atoms with Crippen molar-refractivity contribution in [3.63, 3.8) is 0 Å². The largest absolute Gasteiger partial charge is 0.481 e. The molecule has 9 atom stereocenters. The molecule has 0 amide bonds. The van der Waals surface area contributed by atoms with E-state index in [0.717, 1.165) is 74.5 Å². The minimum atomic E-state index is -5.44. The summed E-state index contributed by atoms with van der Waals surface area (Å²) in [6, 6.07) is 1.24. The first-order valence-electron chi connectivity index (χ1n) is 24.2. The van der Waals surface area contributed by atoms with Crippen molar-refractivity contribution in [3.8, 4) is 0 Å². The Balaban J connectivity index is 1.86. The number of phosphoric acid groups is 2. The van der Waals surface area contributed by atoms with Crippen LogP contribution in [0.2, 0.25) is 0 Å². The smallest absolute Gasteiger partial charge is 0.462 e. The van der Waals surface area contributed by atoms with Gasteiger partial charge in [-0.3, -0.25) is 23.2 Å². The summed E-state index contributed by atoms with van der Waals surface area (Å²) in [5.41, 5.74) is 4.57. The number of phosphoric ester groups is 2. The summed E-state index contributed by atoms with van der Waals surface area (Å²) in [7, 11) is -10.9. The van der Waals surface area contributed by atoms with Crippen molar-refractivity contribution in [2.75, 3.05) is 25.6 Å². The van der Waals surface area contributed by atoms with Crippen LogP contribution in [-0.4, -0.2) is 96.9 Å². The fraction of sp³-hybridized carbons (Fsp3) is 0.702. The topological polar surface area (TPSA) is 286 Å². The van der Waals surface area contributed by atoms with E-state index in [2.05, 4.69) is 30.1 Å². The summed E-state index contributed by atoms with van der Waals surface area (Å²) in [4.78, 5) is 61.7. The normalized spacial score (nSPS) is 20.8. The molecule has 1 aromatic heterocycles. The zero-order valence-electron chi connectivity index (χ0n) is 40.2. The molecule has 3 unspecified atom stereocenters. The molecule has 1 aliphatic heterocycles. The number of allylic oxidation sites excluding steroid dienone is 7. The molecule has 388 valence electrons. The minimum Gasteiger partial charge on any atom is -0.462 e. The van der Waals surface area contributed by atoms with Crippen LogP contribution in [-0.2, 0) is 46.3 Å². The van der Waals surface area contributed by atoms with Gasteiger partial charge in [0.15, 0.2) is 12.3 Å². The molecule has 7 N–H and O–H groups in total. The summed E-state index contributed by atoms with van der Waals surface area (Å²) in [5, 5.41) is 30.8. The van der Waals surface area contributed by atoms with Gasteiger partial charge in [-0.05, 0) is 50.5 Å². The average molecular weight is 1000 g/mol. The molecule has 0 saturated carbocycles. The van der Waals surface area contributed by atoms with Crippen LogP contribution in [0.15, 0.2) is 65.7 Å². The molecule has 19 nitrogen and oxygen atoms in total. The van der Waals surface area contributed by atoms with E-state index in [-0.39, 0.29) is 18.7 Å². The van der Waals surface area contributed by atoms with E-state index >= 15 is 0 Å². The van der Waals surface area contributed by atoms with E-state index in [1.54, 1.807) is 6.08 Å². The second-order valence-corrected chi connectivity index (χ2v) is 20.1. The number of nitrogens with zero attached hydrogens (tertiary/aromatic N) is 2. The lowest BCUT2D eigenvalue weighted by Gasteiger charge is -2.21. The van der Waals surface area contributed by atoms with E-state index in [4.69, 9.17) is 29.0 Å². The molecule has 0 bridgehead atoms. The number of anilines is 1. The summed E-state index contributed by atoms with van der Waals surface area (Å²) in [6.07, 6.45) is 25.5. The molecular formula is C47H79N3O16P2. The predicted octanol–water partition coefficient (Wildman–Crippen LogP) is 8.21. The Labute approximate surface area is 402 Å². The number of unbranched alkanes of at least 4 members (excludes halogenated alkanes) is 10. The quantitative estimate of drug-likeness (QED) is 0.0120. The minimum absolute atomic E-state index is 0.0464. The van der Waals surface area contributed by atoms with Crippen LogP contribution in [0.25, 0.3) is 0 Å². The molecule has 2 rings (SSSR count). The monoisotopic (exact) mass is 1000 g/mol. The van der Waals surface area contributed by atoms with E-state index in [9.17, 15) is 48.6 Å². The second kappa shape index (κ2) is 34.9. The van der Waals surface area contributed by atoms with Crippen LogP contribution >= 0.6 is 15.6 Å². The lowest BCUT2D eigenvalue weighted by atomic mass is 9.99. The van der Waals surface area contributed by atoms with Gasteiger partial charge in [-0.25, -0.2) is 13.9 Å². The van der Waals surface area contributed by atoms with Crippen LogP contribution in [0.5, 0.6) is 0 Å². The third-order valence-corrected chi connectivity index (χ3v) is 13.7. The maximum Gasteiger partial charge on any atom is 0.481 e. The van der Waals surface area contributed by atoms with E-state index in [0.29, 0.717) is 25.7 Å². The van der Waals surface area contributed by atoms with Crippen molar-refractivity contribution >= 4 is 33.4 Å². The van der Waals surface area contributed by atoms with Gasteiger partial charge in [0, 0.05) is 19.0 Å². The number of rotatable bonds is 38. The first-order valence-corrected chi connectivity index (χ1v) is 27.1. The molecule has 2 heterocycles. The molecule has 1 saturated heterocycles. The van der Waals surface area contributed by atoms with Crippen molar-refractivity contribution in [3.05, 3.63) is 71.4 Å². The van der Waals surface area contributed by atoms with Crippen LogP contribution in [0.3, 0.4) is 0 Å². The zero-order valence-corrected chi connectivity index (χ0v) is 42.0. The van der Waals surface area contributed by atoms with E-state index < -0.39 is 89.8 Å². The summed E-state index contributed by atoms with van der Waals surface area (Å²) >= 11 is 0. The SMILES string of the molecule is CCCCC[C@H](O)/C=C/C=C\C/C=C\C/C=C\CCCC(=O)O[C@H](COC(=O)CCCCCCCCCCC(C)CC)COP(=O)(O)OP(=O)(O)OC[C@H]1O[C@@H](n2ccc(N)nc2=O)[C@H](O)[C@@H]1O. The van der Waals surface area contributed by atoms with Crippen LogP contribution in [0, 0.1) is 5.92 Å². The number of carbonyl (C=O) groups excluding carboxylic acids is 2. The fourth-order valence-electron chi connectivity index (χ4n) is 6.86. The average Bonchev–Trinajstić information content (AvgIpc) is 3.57. The van der Waals surface area contributed by atoms with Crippen LogP contribution in [0.1, 0.15) is 155 Å². The molecule has 68 heavy (non-hydrogen) atoms. The van der Waals surface area contributed by atoms with Crippen LogP contribution < -0.4 is 11.4 Å². The van der Waals surface area contributed by atoms with Gasteiger partial charge in [0.25, 0.3) is 0 Å². The summed E-state index contributed by atoms with van der Waals surface area (Å²) in [5.74, 6) is -0.634. The highest BCUT2D eigenvalue weighted by atomic mass is 31.3. The Morgan fingerprint density at radius 2 is 1.46 bits per heavy atom. The lowest BCUT2D eigenvalue weighted by molar-refractivity contribution is -0.161. The number of ether oxygens (including phenoxy) is 3. The van der Waals surface area contributed by atoms with Gasteiger partial charge in [0.1, 0.15) is 30.7 Å². The van der Waals surface area contributed by atoms with Gasteiger partial charge < -0.3 is 45.1 Å². The molecule has 0 radical (unpaired) electrons. The number of aliphatic hydroxyl groups excluding tert-OH is 3. The van der Waals surface area contributed by atoms with E-state index in [1.807, 2.05) is 42.5 Å². The molecule has 0 spiro atoms.